The Morgan fingerprint density at radius 1 is 1.09 bits per heavy atom. The molecule has 0 spiro atoms. The van der Waals surface area contributed by atoms with Crippen LogP contribution in [-0.4, -0.2) is 10.9 Å². The summed E-state index contributed by atoms with van der Waals surface area (Å²) in [6.07, 6.45) is 2.05. The number of halogens is 1. The van der Waals surface area contributed by atoms with Gasteiger partial charge in [0.25, 0.3) is 0 Å². The fraction of sp³-hybridized carbons (Fsp3) is 0.211. The number of carbonyl (C=O) groups excluding carboxylic acids is 1. The van der Waals surface area contributed by atoms with Crippen molar-refractivity contribution in [3.8, 4) is 0 Å². The molecule has 0 saturated heterocycles. The molecule has 3 rings (SSSR count). The summed E-state index contributed by atoms with van der Waals surface area (Å²) in [6, 6.07) is 12.1. The van der Waals surface area contributed by atoms with E-state index in [0.29, 0.717) is 5.56 Å². The summed E-state index contributed by atoms with van der Waals surface area (Å²) >= 11 is 0. The molecule has 22 heavy (non-hydrogen) atoms. The Kier molecular flexibility index (Phi) is 3.45. The van der Waals surface area contributed by atoms with Crippen molar-refractivity contribution in [1.82, 2.24) is 0 Å². The van der Waals surface area contributed by atoms with Gasteiger partial charge >= 0.3 is 0 Å². The molecule has 0 bridgehead atoms. The van der Waals surface area contributed by atoms with Gasteiger partial charge in [-0.1, -0.05) is 36.4 Å². The number of hydrogen-bond donors (Lipinski definition) is 1. The number of rotatable bonds is 2. The standard InChI is InChI=1S/C19H17FO2/c1-19(2,22)15-8-6-12(7-9-15)14-10-13-4-3-5-16(20)18(13)17(21)11-14/h3-10,22H,11H2,1-2H3. The van der Waals surface area contributed by atoms with Gasteiger partial charge in [0.2, 0.25) is 0 Å². The van der Waals surface area contributed by atoms with Gasteiger partial charge in [-0.3, -0.25) is 4.79 Å². The topological polar surface area (TPSA) is 37.3 Å². The summed E-state index contributed by atoms with van der Waals surface area (Å²) < 4.78 is 13.8. The van der Waals surface area contributed by atoms with Crippen LogP contribution in [0.2, 0.25) is 0 Å². The number of fused-ring (bicyclic) bond motifs is 1. The molecule has 3 heteroatoms. The number of Topliss-reactive ketones (excluding diaryl/α,β-unsaturated/α-hetero) is 1. The van der Waals surface area contributed by atoms with Crippen LogP contribution in [0.3, 0.4) is 0 Å². The molecule has 0 unspecified atom stereocenters. The summed E-state index contributed by atoms with van der Waals surface area (Å²) in [5.74, 6) is -0.660. The third kappa shape index (κ3) is 2.60. The molecule has 0 amide bonds. The first kappa shape index (κ1) is 14.7. The van der Waals surface area contributed by atoms with E-state index in [2.05, 4.69) is 0 Å². The zero-order valence-electron chi connectivity index (χ0n) is 12.6. The van der Waals surface area contributed by atoms with E-state index in [1.807, 2.05) is 30.3 Å². The summed E-state index contributed by atoms with van der Waals surface area (Å²) in [5, 5.41) is 9.98. The van der Waals surface area contributed by atoms with E-state index < -0.39 is 11.4 Å². The van der Waals surface area contributed by atoms with Crippen LogP contribution < -0.4 is 0 Å². The Morgan fingerprint density at radius 3 is 2.41 bits per heavy atom. The largest absolute Gasteiger partial charge is 0.386 e. The molecule has 1 aliphatic rings. The molecule has 0 atom stereocenters. The zero-order chi connectivity index (χ0) is 15.9. The lowest BCUT2D eigenvalue weighted by molar-refractivity contribution is 0.0785. The number of hydrogen-bond acceptors (Lipinski definition) is 2. The Hall–Kier alpha value is -2.26. The van der Waals surface area contributed by atoms with Crippen LogP contribution in [0.25, 0.3) is 11.6 Å². The highest BCUT2D eigenvalue weighted by molar-refractivity contribution is 6.11. The van der Waals surface area contributed by atoms with Crippen LogP contribution >= 0.6 is 0 Å². The number of carbonyl (C=O) groups is 1. The van der Waals surface area contributed by atoms with Crippen LogP contribution in [-0.2, 0) is 5.60 Å². The molecule has 2 aromatic rings. The van der Waals surface area contributed by atoms with Crippen LogP contribution in [0.4, 0.5) is 4.39 Å². The van der Waals surface area contributed by atoms with E-state index >= 15 is 0 Å². The Morgan fingerprint density at radius 2 is 1.77 bits per heavy atom. The van der Waals surface area contributed by atoms with Crippen molar-refractivity contribution in [2.24, 2.45) is 0 Å². The van der Waals surface area contributed by atoms with Crippen molar-refractivity contribution in [3.63, 3.8) is 0 Å². The van der Waals surface area contributed by atoms with Gasteiger partial charge < -0.3 is 5.11 Å². The van der Waals surface area contributed by atoms with Gasteiger partial charge in [-0.05, 0) is 48.3 Å². The van der Waals surface area contributed by atoms with Crippen molar-refractivity contribution < 1.29 is 14.3 Å². The monoisotopic (exact) mass is 296 g/mol. The first-order valence-electron chi connectivity index (χ1n) is 7.22. The van der Waals surface area contributed by atoms with E-state index in [-0.39, 0.29) is 17.8 Å². The third-order valence-corrected chi connectivity index (χ3v) is 3.97. The summed E-state index contributed by atoms with van der Waals surface area (Å²) in [4.78, 5) is 12.2. The lowest BCUT2D eigenvalue weighted by Gasteiger charge is -2.20. The van der Waals surface area contributed by atoms with Crippen molar-refractivity contribution >= 4 is 17.4 Å². The molecule has 0 radical (unpaired) electrons. The zero-order valence-corrected chi connectivity index (χ0v) is 12.6. The van der Waals surface area contributed by atoms with Gasteiger partial charge in [-0.25, -0.2) is 4.39 Å². The predicted octanol–water partition coefficient (Wildman–Crippen LogP) is 4.18. The maximum absolute atomic E-state index is 13.8. The number of aliphatic hydroxyl groups is 1. The SMILES string of the molecule is CC(C)(O)c1ccc(C2=Cc3cccc(F)c3C(=O)C2)cc1. The Balaban J connectivity index is 2.01. The molecule has 2 nitrogen and oxygen atoms in total. The van der Waals surface area contributed by atoms with E-state index in [1.54, 1.807) is 26.0 Å². The molecular weight excluding hydrogens is 279 g/mol. The molecule has 0 aromatic heterocycles. The van der Waals surface area contributed by atoms with Gasteiger partial charge in [0.05, 0.1) is 11.2 Å². The second kappa shape index (κ2) is 5.18. The smallest absolute Gasteiger partial charge is 0.170 e. The van der Waals surface area contributed by atoms with Crippen molar-refractivity contribution in [2.75, 3.05) is 0 Å². The number of allylic oxidation sites excluding steroid dienone is 1. The van der Waals surface area contributed by atoms with Crippen molar-refractivity contribution in [2.45, 2.75) is 25.9 Å². The van der Waals surface area contributed by atoms with Gasteiger partial charge in [0.1, 0.15) is 5.82 Å². The van der Waals surface area contributed by atoms with Crippen LogP contribution in [0, 0.1) is 5.82 Å². The minimum Gasteiger partial charge on any atom is -0.386 e. The summed E-state index contributed by atoms with van der Waals surface area (Å²) in [7, 11) is 0. The molecule has 1 aliphatic carbocycles. The fourth-order valence-electron chi connectivity index (χ4n) is 2.73. The van der Waals surface area contributed by atoms with Gasteiger partial charge in [0.15, 0.2) is 5.78 Å². The quantitative estimate of drug-likeness (QED) is 0.902. The normalized spacial score (nSPS) is 14.5. The third-order valence-electron chi connectivity index (χ3n) is 3.97. The molecular formula is C19H17FO2. The fourth-order valence-corrected chi connectivity index (χ4v) is 2.73. The molecule has 0 aliphatic heterocycles. The first-order valence-corrected chi connectivity index (χ1v) is 7.22. The number of ketones is 1. The summed E-state index contributed by atoms with van der Waals surface area (Å²) in [6.45, 7) is 3.45. The van der Waals surface area contributed by atoms with E-state index in [4.69, 9.17) is 0 Å². The lowest BCUT2D eigenvalue weighted by atomic mass is 9.86. The first-order chi connectivity index (χ1) is 10.4. The minimum atomic E-state index is -0.898. The highest BCUT2D eigenvalue weighted by Crippen LogP contribution is 2.32. The maximum Gasteiger partial charge on any atom is 0.170 e. The van der Waals surface area contributed by atoms with Crippen molar-refractivity contribution in [3.05, 3.63) is 70.5 Å². The van der Waals surface area contributed by atoms with Crippen LogP contribution in [0.1, 0.15) is 47.3 Å². The second-order valence-corrected chi connectivity index (χ2v) is 6.11. The average molecular weight is 296 g/mol. The Bertz CT molecular complexity index is 765. The Labute approximate surface area is 128 Å². The highest BCUT2D eigenvalue weighted by atomic mass is 19.1. The highest BCUT2D eigenvalue weighted by Gasteiger charge is 2.23. The number of benzene rings is 2. The average Bonchev–Trinajstić information content (AvgIpc) is 2.46. The van der Waals surface area contributed by atoms with Gasteiger partial charge in [-0.15, -0.1) is 0 Å². The van der Waals surface area contributed by atoms with Crippen LogP contribution in [0.15, 0.2) is 42.5 Å². The van der Waals surface area contributed by atoms with Gasteiger partial charge in [0, 0.05) is 6.42 Å². The molecule has 0 saturated carbocycles. The van der Waals surface area contributed by atoms with Crippen molar-refractivity contribution in [1.29, 1.82) is 0 Å². The second-order valence-electron chi connectivity index (χ2n) is 6.11. The lowest BCUT2D eigenvalue weighted by Crippen LogP contribution is -2.15. The van der Waals surface area contributed by atoms with E-state index in [0.717, 1.165) is 16.7 Å². The molecule has 0 fully saturated rings. The molecule has 1 N–H and O–H groups in total. The summed E-state index contributed by atoms with van der Waals surface area (Å²) in [5.41, 5.74) is 2.50. The predicted molar refractivity (Wildman–Crippen MR) is 84.9 cm³/mol. The van der Waals surface area contributed by atoms with E-state index in [9.17, 15) is 14.3 Å². The maximum atomic E-state index is 13.8. The molecule has 0 heterocycles. The molecule has 112 valence electrons. The van der Waals surface area contributed by atoms with Gasteiger partial charge in [-0.2, -0.15) is 0 Å². The van der Waals surface area contributed by atoms with Crippen LogP contribution in [0.5, 0.6) is 0 Å². The van der Waals surface area contributed by atoms with E-state index in [1.165, 1.54) is 6.07 Å². The minimum absolute atomic E-state index is 0.180. The molecule has 2 aromatic carbocycles.